The summed E-state index contributed by atoms with van der Waals surface area (Å²) >= 11 is 0. The van der Waals surface area contributed by atoms with Gasteiger partial charge in [0, 0.05) is 30.5 Å². The molecule has 2 fully saturated rings. The molecule has 1 amide bonds. The third kappa shape index (κ3) is 4.00. The summed E-state index contributed by atoms with van der Waals surface area (Å²) in [6, 6.07) is 8.60. The Labute approximate surface area is 157 Å². The molecule has 0 N–H and O–H groups in total. The van der Waals surface area contributed by atoms with E-state index in [0.717, 1.165) is 36.7 Å². The average molecular weight is 376 g/mol. The van der Waals surface area contributed by atoms with E-state index in [4.69, 9.17) is 0 Å². The molecule has 4 rings (SSSR count). The van der Waals surface area contributed by atoms with Gasteiger partial charge in [0.05, 0.1) is 23.4 Å². The third-order valence-corrected chi connectivity index (χ3v) is 8.29. The van der Waals surface area contributed by atoms with E-state index in [1.807, 2.05) is 40.0 Å². The first-order valence-electron chi connectivity index (χ1n) is 9.29. The number of para-hydroxylation sites is 2. The van der Waals surface area contributed by atoms with Gasteiger partial charge in [0.2, 0.25) is 5.91 Å². The zero-order valence-corrected chi connectivity index (χ0v) is 16.1. The van der Waals surface area contributed by atoms with Gasteiger partial charge < -0.3 is 9.47 Å². The molecular weight excluding hydrogens is 350 g/mol. The third-order valence-electron chi connectivity index (χ3n) is 5.28. The largest absolute Gasteiger partial charge is 0.341 e. The molecule has 2 aliphatic rings. The minimum absolute atomic E-state index is 0.334. The van der Waals surface area contributed by atoms with Crippen LogP contribution in [0.15, 0.2) is 30.6 Å². The van der Waals surface area contributed by atoms with Crippen molar-refractivity contribution >= 4 is 38.5 Å². The zero-order valence-electron chi connectivity index (χ0n) is 14.5. The highest BCUT2D eigenvalue weighted by Gasteiger charge is 2.27. The number of rotatable bonds is 6. The van der Waals surface area contributed by atoms with Crippen LogP contribution in [0.25, 0.3) is 11.0 Å². The van der Waals surface area contributed by atoms with E-state index in [-0.39, 0.29) is 0 Å². The number of likely N-dealkylation sites (tertiary alicyclic amines) is 1. The van der Waals surface area contributed by atoms with Gasteiger partial charge in [-0.05, 0) is 37.8 Å². The quantitative estimate of drug-likeness (QED) is 0.549. The minimum atomic E-state index is 0.334. The number of carbonyl (C=O) groups is 1. The summed E-state index contributed by atoms with van der Waals surface area (Å²) in [5.41, 5.74) is 2.21. The number of benzene rings is 1. The molecule has 2 aliphatic heterocycles. The maximum Gasteiger partial charge on any atom is 0.222 e. The summed E-state index contributed by atoms with van der Waals surface area (Å²) in [5.74, 6) is 1.63. The first kappa shape index (κ1) is 17.3. The fourth-order valence-electron chi connectivity index (χ4n) is 3.84. The topological polar surface area (TPSA) is 38.1 Å². The molecule has 1 aromatic carbocycles. The van der Waals surface area contributed by atoms with Crippen molar-refractivity contribution in [2.24, 2.45) is 0 Å². The van der Waals surface area contributed by atoms with E-state index in [1.54, 1.807) is 0 Å². The Morgan fingerprint density at radius 2 is 2.16 bits per heavy atom. The van der Waals surface area contributed by atoms with Crippen LogP contribution >= 0.6 is 21.6 Å². The molecule has 25 heavy (non-hydrogen) atoms. The fourth-order valence-corrected chi connectivity index (χ4v) is 6.86. The molecule has 0 radical (unpaired) electrons. The number of imidazole rings is 1. The lowest BCUT2D eigenvalue weighted by atomic mass is 10.1. The summed E-state index contributed by atoms with van der Waals surface area (Å²) in [4.78, 5) is 19.1. The number of amides is 1. The molecule has 2 saturated heterocycles. The number of nitrogens with zero attached hydrogens (tertiary/aromatic N) is 3. The minimum Gasteiger partial charge on any atom is -0.341 e. The standard InChI is InChI=1S/C19H25N3OS2/c23-19(8-4-1-5-16-10-12-24-25-16)21-11-9-15(13-21)22-14-20-17-6-2-3-7-18(17)22/h2-3,6-7,14-16H,1,4-5,8-13H2/t15-,16-/m1/s1. The van der Waals surface area contributed by atoms with Crippen LogP contribution in [-0.2, 0) is 4.79 Å². The molecule has 6 heteroatoms. The van der Waals surface area contributed by atoms with Gasteiger partial charge in [0.25, 0.3) is 0 Å². The van der Waals surface area contributed by atoms with Gasteiger partial charge in [-0.1, -0.05) is 40.1 Å². The van der Waals surface area contributed by atoms with Crippen molar-refractivity contribution in [2.75, 3.05) is 18.8 Å². The second-order valence-corrected chi connectivity index (χ2v) is 9.78. The Morgan fingerprint density at radius 3 is 3.04 bits per heavy atom. The molecule has 0 bridgehead atoms. The van der Waals surface area contributed by atoms with Gasteiger partial charge in [-0.15, -0.1) is 0 Å². The molecule has 0 unspecified atom stereocenters. The van der Waals surface area contributed by atoms with E-state index in [1.165, 1.54) is 30.5 Å². The summed E-state index contributed by atoms with van der Waals surface area (Å²) in [6.45, 7) is 1.71. The van der Waals surface area contributed by atoms with Crippen molar-refractivity contribution in [2.45, 2.75) is 49.8 Å². The van der Waals surface area contributed by atoms with Crippen LogP contribution in [0.4, 0.5) is 0 Å². The molecule has 0 aliphatic carbocycles. The molecule has 4 nitrogen and oxygen atoms in total. The Morgan fingerprint density at radius 1 is 1.24 bits per heavy atom. The Bertz CT molecular complexity index is 726. The van der Waals surface area contributed by atoms with Gasteiger partial charge in [-0.3, -0.25) is 4.79 Å². The van der Waals surface area contributed by atoms with Crippen molar-refractivity contribution in [1.29, 1.82) is 0 Å². The molecule has 2 aromatic rings. The Kier molecular flexibility index (Phi) is 5.56. The SMILES string of the molecule is O=C(CCCC[C@@H]1CCSS1)N1CC[C@@H](n2cnc3ccccc32)C1. The predicted molar refractivity (Wildman–Crippen MR) is 107 cm³/mol. The van der Waals surface area contributed by atoms with Crippen LogP contribution in [0.1, 0.15) is 44.6 Å². The highest BCUT2D eigenvalue weighted by atomic mass is 33.1. The van der Waals surface area contributed by atoms with Crippen molar-refractivity contribution in [3.63, 3.8) is 0 Å². The normalized spacial score (nSPS) is 23.6. The van der Waals surface area contributed by atoms with Crippen LogP contribution < -0.4 is 0 Å². The number of fused-ring (bicyclic) bond motifs is 1. The number of hydrogen-bond donors (Lipinski definition) is 0. The maximum absolute atomic E-state index is 12.5. The van der Waals surface area contributed by atoms with Crippen LogP contribution in [0.2, 0.25) is 0 Å². The molecule has 1 aromatic heterocycles. The van der Waals surface area contributed by atoms with E-state index in [0.29, 0.717) is 18.4 Å². The predicted octanol–water partition coefficient (Wildman–Crippen LogP) is 4.52. The number of hydrogen-bond acceptors (Lipinski definition) is 4. The molecule has 2 atom stereocenters. The van der Waals surface area contributed by atoms with Crippen molar-refractivity contribution in [3.8, 4) is 0 Å². The Hall–Kier alpha value is -1.14. The van der Waals surface area contributed by atoms with Gasteiger partial charge in [-0.25, -0.2) is 4.98 Å². The van der Waals surface area contributed by atoms with Gasteiger partial charge in [-0.2, -0.15) is 0 Å². The number of unbranched alkanes of at least 4 members (excludes halogenated alkanes) is 1. The molecule has 0 spiro atoms. The van der Waals surface area contributed by atoms with Crippen LogP contribution in [0, 0.1) is 0 Å². The highest BCUT2D eigenvalue weighted by Crippen LogP contribution is 2.40. The zero-order chi connectivity index (χ0) is 17.1. The van der Waals surface area contributed by atoms with Gasteiger partial charge in [0.15, 0.2) is 0 Å². The summed E-state index contributed by atoms with van der Waals surface area (Å²) in [6.07, 6.45) is 8.51. The van der Waals surface area contributed by atoms with Crippen molar-refractivity contribution in [1.82, 2.24) is 14.5 Å². The molecule has 3 heterocycles. The molecule has 134 valence electrons. The lowest BCUT2D eigenvalue weighted by molar-refractivity contribution is -0.130. The van der Waals surface area contributed by atoms with Crippen LogP contribution in [-0.4, -0.2) is 44.5 Å². The monoisotopic (exact) mass is 375 g/mol. The van der Waals surface area contributed by atoms with E-state index < -0.39 is 0 Å². The smallest absolute Gasteiger partial charge is 0.222 e. The summed E-state index contributed by atoms with van der Waals surface area (Å²) < 4.78 is 2.25. The van der Waals surface area contributed by atoms with Gasteiger partial charge >= 0.3 is 0 Å². The summed E-state index contributed by atoms with van der Waals surface area (Å²) in [7, 11) is 4.04. The highest BCUT2D eigenvalue weighted by molar-refractivity contribution is 8.77. The molecule has 0 saturated carbocycles. The van der Waals surface area contributed by atoms with Crippen molar-refractivity contribution in [3.05, 3.63) is 30.6 Å². The Balaban J connectivity index is 1.26. The van der Waals surface area contributed by atoms with E-state index >= 15 is 0 Å². The second kappa shape index (κ2) is 8.04. The lowest BCUT2D eigenvalue weighted by Gasteiger charge is -2.17. The van der Waals surface area contributed by atoms with Crippen LogP contribution in [0.3, 0.4) is 0 Å². The van der Waals surface area contributed by atoms with Crippen LogP contribution in [0.5, 0.6) is 0 Å². The second-order valence-electron chi connectivity index (χ2n) is 7.00. The average Bonchev–Trinajstić information content (AvgIpc) is 3.38. The van der Waals surface area contributed by atoms with Gasteiger partial charge in [0.1, 0.15) is 0 Å². The van der Waals surface area contributed by atoms with E-state index in [9.17, 15) is 4.79 Å². The van der Waals surface area contributed by atoms with Crippen molar-refractivity contribution < 1.29 is 4.79 Å². The first-order chi connectivity index (χ1) is 12.3. The fraction of sp³-hybridized carbons (Fsp3) is 0.579. The lowest BCUT2D eigenvalue weighted by Crippen LogP contribution is -2.28. The number of carbonyl (C=O) groups excluding carboxylic acids is 1. The number of aromatic nitrogens is 2. The molecular formula is C19H25N3OS2. The first-order valence-corrected chi connectivity index (χ1v) is 11.7. The summed E-state index contributed by atoms with van der Waals surface area (Å²) in [5, 5.41) is 0.825. The maximum atomic E-state index is 12.5. The van der Waals surface area contributed by atoms with E-state index in [2.05, 4.69) is 26.6 Å².